The Morgan fingerprint density at radius 2 is 1.42 bits per heavy atom. The number of aromatic hydroxyl groups is 1. The van der Waals surface area contributed by atoms with Crippen LogP contribution in [0.15, 0.2) is 97.1 Å². The van der Waals surface area contributed by atoms with E-state index >= 15 is 0 Å². The van der Waals surface area contributed by atoms with Crippen LogP contribution in [0.25, 0.3) is 0 Å². The van der Waals surface area contributed by atoms with E-state index in [9.17, 15) is 34.3 Å². The molecule has 13 heteroatoms. The Kier molecular flexibility index (Phi) is 12.5. The van der Waals surface area contributed by atoms with Crippen LogP contribution in [0.5, 0.6) is 5.75 Å². The van der Waals surface area contributed by atoms with Crippen molar-refractivity contribution in [3.8, 4) is 11.8 Å². The average Bonchev–Trinajstić information content (AvgIpc) is 3.64. The summed E-state index contributed by atoms with van der Waals surface area (Å²) in [5, 5.41) is 24.8. The lowest BCUT2D eigenvalue weighted by molar-refractivity contribution is -0.137. The van der Waals surface area contributed by atoms with E-state index in [4.69, 9.17) is 5.73 Å². The molecule has 59 heavy (non-hydrogen) atoms. The minimum absolute atomic E-state index is 0.0331. The summed E-state index contributed by atoms with van der Waals surface area (Å²) in [5.74, 6) is -1.05. The van der Waals surface area contributed by atoms with Gasteiger partial charge in [-0.2, -0.15) is 5.26 Å². The summed E-state index contributed by atoms with van der Waals surface area (Å²) < 4.78 is 0. The number of benzene rings is 4. The molecule has 1 saturated heterocycles. The first-order valence-corrected chi connectivity index (χ1v) is 20.2. The number of carbonyl (C=O) groups is 5. The summed E-state index contributed by atoms with van der Waals surface area (Å²) >= 11 is 0. The number of anilines is 3. The van der Waals surface area contributed by atoms with Crippen molar-refractivity contribution in [2.75, 3.05) is 42.9 Å². The first-order valence-electron chi connectivity index (χ1n) is 20.2. The zero-order chi connectivity index (χ0) is 41.5. The molecule has 2 heterocycles. The Morgan fingerprint density at radius 3 is 2.12 bits per heavy atom. The monoisotopic (exact) mass is 795 g/mol. The van der Waals surface area contributed by atoms with Crippen molar-refractivity contribution < 1.29 is 29.1 Å². The minimum Gasteiger partial charge on any atom is -0.508 e. The number of hydrogen-bond donors (Lipinski definition) is 4. The molecular weight excluding hydrogens is 747 g/mol. The maximum absolute atomic E-state index is 14.3. The van der Waals surface area contributed by atoms with Crippen LogP contribution in [0.1, 0.15) is 65.6 Å². The van der Waals surface area contributed by atoms with Crippen molar-refractivity contribution in [3.63, 3.8) is 0 Å². The average molecular weight is 796 g/mol. The third-order valence-electron chi connectivity index (χ3n) is 11.8. The molecule has 13 nitrogen and oxygen atoms in total. The topological polar surface area (TPSA) is 189 Å². The Labute approximate surface area is 343 Å². The second kappa shape index (κ2) is 18.1. The standard InChI is InChI=1S/C46H49N7O6/c47-29-33-13-11-32(12-14-33)26-38(50-45(59)36(48)25-31-15-17-34(54)18-16-31)41(55)27-46(19-5-6-20-46)28-42(56)52-23-21-51(22-24-52)30-43(57)53-39-9-3-1-7-35(39)44(58)49-37-8-2-4-10-40(37)53/h1-4,7-18,36,38,54H,5-6,19-28,30,48H2,(H,49,58)(H,50,59). The fourth-order valence-corrected chi connectivity index (χ4v) is 8.56. The number of fused-ring (bicyclic) bond motifs is 2. The number of nitrogens with one attached hydrogen (secondary N) is 2. The number of nitrogens with zero attached hydrogens (tertiary/aromatic N) is 4. The van der Waals surface area contributed by atoms with Crippen molar-refractivity contribution >= 4 is 46.5 Å². The fraction of sp³-hybridized carbons (Fsp3) is 0.348. The highest BCUT2D eigenvalue weighted by atomic mass is 16.3. The van der Waals surface area contributed by atoms with Crippen molar-refractivity contribution in [1.82, 2.24) is 15.1 Å². The van der Waals surface area contributed by atoms with Crippen LogP contribution in [0.2, 0.25) is 0 Å². The van der Waals surface area contributed by atoms with Crippen molar-refractivity contribution in [3.05, 3.63) is 119 Å². The third kappa shape index (κ3) is 9.68. The Hall–Kier alpha value is -6.36. The van der Waals surface area contributed by atoms with E-state index in [1.54, 1.807) is 71.6 Å². The van der Waals surface area contributed by atoms with Gasteiger partial charge in [-0.3, -0.25) is 33.8 Å². The molecule has 304 valence electrons. The van der Waals surface area contributed by atoms with E-state index in [0.717, 1.165) is 24.0 Å². The van der Waals surface area contributed by atoms with Gasteiger partial charge in [0.25, 0.3) is 5.91 Å². The number of phenols is 1. The van der Waals surface area contributed by atoms with Gasteiger partial charge in [-0.15, -0.1) is 0 Å². The van der Waals surface area contributed by atoms with Gasteiger partial charge in [0.15, 0.2) is 5.78 Å². The second-order valence-electron chi connectivity index (χ2n) is 16.0. The van der Waals surface area contributed by atoms with E-state index in [1.807, 2.05) is 28.0 Å². The maximum Gasteiger partial charge on any atom is 0.257 e. The molecule has 0 spiro atoms. The van der Waals surface area contributed by atoms with Gasteiger partial charge in [0.1, 0.15) is 5.75 Å². The number of nitriles is 1. The van der Waals surface area contributed by atoms with Crippen LogP contribution in [0.3, 0.4) is 0 Å². The third-order valence-corrected chi connectivity index (χ3v) is 11.8. The first-order chi connectivity index (χ1) is 28.5. The molecule has 0 radical (unpaired) electrons. The van der Waals surface area contributed by atoms with Crippen molar-refractivity contribution in [1.29, 1.82) is 5.26 Å². The van der Waals surface area contributed by atoms with Crippen molar-refractivity contribution in [2.45, 2.75) is 63.5 Å². The van der Waals surface area contributed by atoms with E-state index in [1.165, 1.54) is 12.1 Å². The molecule has 5 N–H and O–H groups in total. The van der Waals surface area contributed by atoms with E-state index < -0.39 is 23.4 Å². The van der Waals surface area contributed by atoms with Crippen LogP contribution >= 0.6 is 0 Å². The Bertz CT molecular complexity index is 2240. The molecule has 0 bridgehead atoms. The zero-order valence-corrected chi connectivity index (χ0v) is 32.9. The van der Waals surface area contributed by atoms with Crippen LogP contribution in [0, 0.1) is 16.7 Å². The zero-order valence-electron chi connectivity index (χ0n) is 32.9. The number of amides is 4. The molecule has 1 saturated carbocycles. The molecule has 2 aliphatic heterocycles. The lowest BCUT2D eigenvalue weighted by Gasteiger charge is -2.38. The second-order valence-corrected chi connectivity index (χ2v) is 16.0. The summed E-state index contributed by atoms with van der Waals surface area (Å²) in [6.07, 6.45) is 3.96. The van der Waals surface area contributed by atoms with Gasteiger partial charge in [-0.25, -0.2) is 0 Å². The van der Waals surface area contributed by atoms with Crippen molar-refractivity contribution in [2.24, 2.45) is 11.1 Å². The van der Waals surface area contributed by atoms with Gasteiger partial charge >= 0.3 is 0 Å². The fourth-order valence-electron chi connectivity index (χ4n) is 8.56. The molecule has 2 unspecified atom stereocenters. The number of rotatable bonds is 13. The molecule has 0 aromatic heterocycles. The van der Waals surface area contributed by atoms with Gasteiger partial charge in [-0.05, 0) is 90.8 Å². The minimum atomic E-state index is -0.941. The van der Waals surface area contributed by atoms with Crippen LogP contribution in [-0.4, -0.2) is 89.1 Å². The molecular formula is C46H49N7O6. The number of piperazine rings is 1. The number of hydrogen-bond acceptors (Lipinski definition) is 9. The molecule has 4 aromatic rings. The quantitative estimate of drug-likeness (QED) is 0.147. The number of para-hydroxylation sites is 3. The molecule has 4 amide bonds. The SMILES string of the molecule is N#Cc1ccc(CC(NC(=O)C(N)Cc2ccc(O)cc2)C(=O)CC2(CC(=O)N3CCN(CC(=O)N4c5ccccc5NC(=O)c5ccccc54)CC3)CCCC2)cc1. The number of ketones is 1. The molecule has 3 aliphatic rings. The summed E-state index contributed by atoms with van der Waals surface area (Å²) in [5.41, 5.74) is 9.85. The molecule has 7 rings (SSSR count). The lowest BCUT2D eigenvalue weighted by Crippen LogP contribution is -2.52. The van der Waals surface area contributed by atoms with Gasteiger partial charge in [0, 0.05) is 39.0 Å². The smallest absolute Gasteiger partial charge is 0.257 e. The number of Topliss-reactive ketones (excluding diaryl/α,β-unsaturated/α-hetero) is 1. The normalized spacial score (nSPS) is 17.1. The largest absolute Gasteiger partial charge is 0.508 e. The summed E-state index contributed by atoms with van der Waals surface area (Å²) in [6, 6.07) is 27.9. The molecule has 2 atom stereocenters. The Balaban J connectivity index is 0.991. The van der Waals surface area contributed by atoms with Crippen LogP contribution in [0.4, 0.5) is 17.1 Å². The van der Waals surface area contributed by atoms with Crippen LogP contribution < -0.4 is 21.3 Å². The predicted octanol–water partition coefficient (Wildman–Crippen LogP) is 4.85. The van der Waals surface area contributed by atoms with E-state index in [-0.39, 0.29) is 61.5 Å². The highest BCUT2D eigenvalue weighted by Gasteiger charge is 2.41. The van der Waals surface area contributed by atoms with Gasteiger partial charge < -0.3 is 26.4 Å². The van der Waals surface area contributed by atoms with E-state index in [0.29, 0.717) is 67.2 Å². The van der Waals surface area contributed by atoms with Gasteiger partial charge in [0.05, 0.1) is 52.9 Å². The van der Waals surface area contributed by atoms with Gasteiger partial charge in [0.2, 0.25) is 17.7 Å². The van der Waals surface area contributed by atoms with Gasteiger partial charge in [-0.1, -0.05) is 61.4 Å². The summed E-state index contributed by atoms with van der Waals surface area (Å²) in [4.78, 5) is 74.2. The molecule has 4 aromatic carbocycles. The van der Waals surface area contributed by atoms with E-state index in [2.05, 4.69) is 16.7 Å². The molecule has 1 aliphatic carbocycles. The number of phenolic OH excluding ortho intramolecular Hbond substituents is 1. The summed E-state index contributed by atoms with van der Waals surface area (Å²) in [6.45, 7) is 1.93. The highest BCUT2D eigenvalue weighted by molar-refractivity contribution is 6.18. The maximum atomic E-state index is 14.3. The predicted molar refractivity (Wildman–Crippen MR) is 223 cm³/mol. The number of carbonyl (C=O) groups excluding carboxylic acids is 5. The van der Waals surface area contributed by atoms with Crippen LogP contribution in [-0.2, 0) is 32.0 Å². The highest BCUT2D eigenvalue weighted by Crippen LogP contribution is 2.45. The number of nitrogens with two attached hydrogens (primary N) is 1. The Morgan fingerprint density at radius 1 is 0.797 bits per heavy atom. The molecule has 2 fully saturated rings. The lowest BCUT2D eigenvalue weighted by atomic mass is 9.76. The summed E-state index contributed by atoms with van der Waals surface area (Å²) in [7, 11) is 0. The first kappa shape index (κ1) is 40.8.